The zero-order chi connectivity index (χ0) is 11.8. The molecule has 0 radical (unpaired) electrons. The largest absolute Gasteiger partial charge is 0.383 e. The van der Waals surface area contributed by atoms with Crippen molar-refractivity contribution in [1.29, 1.82) is 0 Å². The van der Waals surface area contributed by atoms with Crippen LogP contribution in [0, 0.1) is 0 Å². The molecule has 3 heterocycles. The lowest BCUT2D eigenvalue weighted by Crippen LogP contribution is -2.17. The first-order valence-corrected chi connectivity index (χ1v) is 6.14. The first kappa shape index (κ1) is 10.9. The van der Waals surface area contributed by atoms with E-state index >= 15 is 0 Å². The molecule has 0 aliphatic carbocycles. The van der Waals surface area contributed by atoms with Gasteiger partial charge in [0, 0.05) is 18.7 Å². The molecule has 0 saturated carbocycles. The van der Waals surface area contributed by atoms with E-state index in [1.54, 1.807) is 6.20 Å². The van der Waals surface area contributed by atoms with Gasteiger partial charge in [-0.2, -0.15) is 0 Å². The Labute approximate surface area is 104 Å². The van der Waals surface area contributed by atoms with Gasteiger partial charge >= 0.3 is 0 Å². The van der Waals surface area contributed by atoms with Crippen molar-refractivity contribution in [2.75, 3.05) is 18.9 Å². The van der Waals surface area contributed by atoms with Gasteiger partial charge in [-0.25, -0.2) is 4.98 Å². The van der Waals surface area contributed by atoms with Crippen molar-refractivity contribution in [3.63, 3.8) is 0 Å². The minimum absolute atomic E-state index is 0.308. The van der Waals surface area contributed by atoms with Crippen LogP contribution in [0.15, 0.2) is 18.3 Å². The average Bonchev–Trinajstić information content (AvgIpc) is 2.68. The van der Waals surface area contributed by atoms with Gasteiger partial charge in [0.1, 0.15) is 11.5 Å². The topological polar surface area (TPSA) is 52.5 Å². The molecule has 1 aliphatic rings. The maximum absolute atomic E-state index is 6.12. The number of hydrogen-bond donors (Lipinski definition) is 1. The van der Waals surface area contributed by atoms with Gasteiger partial charge in [0.25, 0.3) is 0 Å². The van der Waals surface area contributed by atoms with Crippen LogP contribution in [0.2, 0.25) is 5.02 Å². The van der Waals surface area contributed by atoms with Gasteiger partial charge in [-0.3, -0.25) is 4.40 Å². The molecule has 5 heteroatoms. The second kappa shape index (κ2) is 4.20. The van der Waals surface area contributed by atoms with E-state index in [1.165, 1.54) is 0 Å². The Kier molecular flexibility index (Phi) is 2.68. The SMILES string of the molecule is Nc1c(C2CCCOC2)nc2ccc(Cl)cn12. The van der Waals surface area contributed by atoms with E-state index in [0.717, 1.165) is 30.8 Å². The van der Waals surface area contributed by atoms with Crippen LogP contribution in [0.3, 0.4) is 0 Å². The van der Waals surface area contributed by atoms with Gasteiger partial charge in [-0.15, -0.1) is 0 Å². The fraction of sp³-hybridized carbons (Fsp3) is 0.417. The first-order chi connectivity index (χ1) is 8.25. The molecule has 1 atom stereocenters. The molecule has 1 fully saturated rings. The number of pyridine rings is 1. The van der Waals surface area contributed by atoms with E-state index in [9.17, 15) is 0 Å². The summed E-state index contributed by atoms with van der Waals surface area (Å²) in [6, 6.07) is 3.70. The molecule has 2 aromatic heterocycles. The highest BCUT2D eigenvalue weighted by Gasteiger charge is 2.22. The summed E-state index contributed by atoms with van der Waals surface area (Å²) in [7, 11) is 0. The summed E-state index contributed by atoms with van der Waals surface area (Å²) in [5.74, 6) is 0.987. The molecule has 3 rings (SSSR count). The molecule has 2 aromatic rings. The number of rotatable bonds is 1. The molecule has 0 aromatic carbocycles. The summed E-state index contributed by atoms with van der Waals surface area (Å²) in [5.41, 5.74) is 7.90. The number of nitrogens with two attached hydrogens (primary N) is 1. The number of nitrogen functional groups attached to an aromatic ring is 1. The summed E-state index contributed by atoms with van der Waals surface area (Å²) >= 11 is 5.96. The van der Waals surface area contributed by atoms with E-state index in [2.05, 4.69) is 4.98 Å². The molecular formula is C12H14ClN3O. The monoisotopic (exact) mass is 251 g/mol. The number of aromatic nitrogens is 2. The van der Waals surface area contributed by atoms with Gasteiger partial charge in [-0.05, 0) is 25.0 Å². The van der Waals surface area contributed by atoms with Crippen molar-refractivity contribution in [2.45, 2.75) is 18.8 Å². The van der Waals surface area contributed by atoms with Crippen molar-refractivity contribution < 1.29 is 4.74 Å². The Balaban J connectivity index is 2.07. The number of fused-ring (bicyclic) bond motifs is 1. The Morgan fingerprint density at radius 3 is 3.12 bits per heavy atom. The molecule has 1 saturated heterocycles. The van der Waals surface area contributed by atoms with Gasteiger partial charge in [0.05, 0.1) is 17.3 Å². The third-order valence-corrected chi connectivity index (χ3v) is 3.42. The van der Waals surface area contributed by atoms with Gasteiger partial charge in [-0.1, -0.05) is 11.6 Å². The fourth-order valence-electron chi connectivity index (χ4n) is 2.31. The van der Waals surface area contributed by atoms with Crippen LogP contribution in [0.25, 0.3) is 5.65 Å². The number of hydrogen-bond acceptors (Lipinski definition) is 3. The van der Waals surface area contributed by atoms with E-state index in [4.69, 9.17) is 22.1 Å². The summed E-state index contributed by atoms with van der Waals surface area (Å²) in [4.78, 5) is 4.58. The smallest absolute Gasteiger partial charge is 0.138 e. The molecule has 1 aliphatic heterocycles. The number of ether oxygens (including phenoxy) is 1. The summed E-state index contributed by atoms with van der Waals surface area (Å²) < 4.78 is 7.32. The average molecular weight is 252 g/mol. The molecule has 4 nitrogen and oxygen atoms in total. The maximum atomic E-state index is 6.12. The molecule has 17 heavy (non-hydrogen) atoms. The standard InChI is InChI=1S/C12H14ClN3O/c13-9-3-4-10-15-11(12(14)16(10)6-9)8-2-1-5-17-7-8/h3-4,6,8H,1-2,5,7,14H2. The quantitative estimate of drug-likeness (QED) is 0.847. The third kappa shape index (κ3) is 1.87. The van der Waals surface area contributed by atoms with E-state index in [0.29, 0.717) is 23.4 Å². The van der Waals surface area contributed by atoms with Crippen LogP contribution < -0.4 is 5.73 Å². The lowest BCUT2D eigenvalue weighted by atomic mass is 9.99. The van der Waals surface area contributed by atoms with Crippen LogP contribution in [-0.2, 0) is 4.74 Å². The Morgan fingerprint density at radius 1 is 1.47 bits per heavy atom. The van der Waals surface area contributed by atoms with Crippen LogP contribution in [0.5, 0.6) is 0 Å². The normalized spacial score (nSPS) is 20.9. The zero-order valence-corrected chi connectivity index (χ0v) is 10.2. The van der Waals surface area contributed by atoms with Gasteiger partial charge in [0.15, 0.2) is 0 Å². The van der Waals surface area contributed by atoms with Crippen LogP contribution in [0.1, 0.15) is 24.5 Å². The molecular weight excluding hydrogens is 238 g/mol. The number of halogens is 1. The van der Waals surface area contributed by atoms with Crippen LogP contribution in [-0.4, -0.2) is 22.6 Å². The fourth-order valence-corrected chi connectivity index (χ4v) is 2.47. The van der Waals surface area contributed by atoms with Crippen LogP contribution in [0.4, 0.5) is 5.82 Å². The summed E-state index contributed by atoms with van der Waals surface area (Å²) in [6.07, 6.45) is 3.95. The highest BCUT2D eigenvalue weighted by Crippen LogP contribution is 2.30. The molecule has 90 valence electrons. The molecule has 0 amide bonds. The van der Waals surface area contributed by atoms with Crippen molar-refractivity contribution in [3.8, 4) is 0 Å². The summed E-state index contributed by atoms with van der Waals surface area (Å²) in [5, 5.41) is 0.660. The van der Waals surface area contributed by atoms with E-state index < -0.39 is 0 Å². The number of imidazole rings is 1. The number of nitrogens with zero attached hydrogens (tertiary/aromatic N) is 2. The first-order valence-electron chi connectivity index (χ1n) is 5.76. The van der Waals surface area contributed by atoms with Crippen molar-refractivity contribution >= 4 is 23.1 Å². The lowest BCUT2D eigenvalue weighted by Gasteiger charge is -2.20. The summed E-state index contributed by atoms with van der Waals surface area (Å²) in [6.45, 7) is 1.55. The Hall–Kier alpha value is -1.26. The highest BCUT2D eigenvalue weighted by molar-refractivity contribution is 6.30. The van der Waals surface area contributed by atoms with Gasteiger partial charge < -0.3 is 10.5 Å². The number of anilines is 1. The minimum atomic E-state index is 0.308. The second-order valence-electron chi connectivity index (χ2n) is 4.37. The van der Waals surface area contributed by atoms with Crippen molar-refractivity contribution in [2.24, 2.45) is 0 Å². The maximum Gasteiger partial charge on any atom is 0.138 e. The van der Waals surface area contributed by atoms with E-state index in [-0.39, 0.29) is 0 Å². The Morgan fingerprint density at radius 2 is 2.35 bits per heavy atom. The predicted molar refractivity (Wildman–Crippen MR) is 67.4 cm³/mol. The Bertz CT molecular complexity index is 546. The molecule has 0 bridgehead atoms. The van der Waals surface area contributed by atoms with Crippen molar-refractivity contribution in [3.05, 3.63) is 29.0 Å². The highest BCUT2D eigenvalue weighted by atomic mass is 35.5. The minimum Gasteiger partial charge on any atom is -0.383 e. The van der Waals surface area contributed by atoms with Crippen LogP contribution >= 0.6 is 11.6 Å². The molecule has 2 N–H and O–H groups in total. The molecule has 1 unspecified atom stereocenters. The van der Waals surface area contributed by atoms with Crippen molar-refractivity contribution in [1.82, 2.24) is 9.38 Å². The second-order valence-corrected chi connectivity index (χ2v) is 4.81. The molecule has 0 spiro atoms. The van der Waals surface area contributed by atoms with Gasteiger partial charge in [0.2, 0.25) is 0 Å². The lowest BCUT2D eigenvalue weighted by molar-refractivity contribution is 0.0796. The third-order valence-electron chi connectivity index (χ3n) is 3.19. The zero-order valence-electron chi connectivity index (χ0n) is 9.40. The van der Waals surface area contributed by atoms with E-state index in [1.807, 2.05) is 16.5 Å². The predicted octanol–water partition coefficient (Wildman–Crippen LogP) is 2.46.